The topological polar surface area (TPSA) is 47.9 Å². The first kappa shape index (κ1) is 15.9. The molecule has 0 aromatic heterocycles. The number of hydrogen-bond acceptors (Lipinski definition) is 4. The maximum Gasteiger partial charge on any atom is 0.171 e. The highest BCUT2D eigenvalue weighted by Gasteiger charge is 2.53. The normalized spacial score (nSPS) is 38.5. The van der Waals surface area contributed by atoms with Gasteiger partial charge in [0.25, 0.3) is 0 Å². The van der Waals surface area contributed by atoms with E-state index in [0.717, 1.165) is 25.0 Å². The Labute approximate surface area is 132 Å². The summed E-state index contributed by atoms with van der Waals surface area (Å²) in [5.74, 6) is -0.00864. The molecule has 1 aromatic carbocycles. The molecule has 2 heterocycles. The Kier molecular flexibility index (Phi) is 4.83. The Morgan fingerprint density at radius 2 is 2.05 bits per heavy atom. The molecular weight excluding hydrogens is 280 g/mol. The lowest BCUT2D eigenvalue weighted by atomic mass is 9.78. The molecule has 0 radical (unpaired) electrons. The summed E-state index contributed by atoms with van der Waals surface area (Å²) < 4.78 is 18.2. The SMILES string of the molecule is C[C@@H]1[C@@H](OCc2ccccc2)[C@H](CO)O[C@]2(CCCO2)[C@H]1C. The molecule has 1 N–H and O–H groups in total. The third-order valence-corrected chi connectivity index (χ3v) is 5.20. The third kappa shape index (κ3) is 2.93. The van der Waals surface area contributed by atoms with Gasteiger partial charge in [0, 0.05) is 12.3 Å². The quantitative estimate of drug-likeness (QED) is 0.929. The number of rotatable bonds is 4. The number of aliphatic hydroxyl groups is 1. The summed E-state index contributed by atoms with van der Waals surface area (Å²) in [6.07, 6.45) is 1.48. The summed E-state index contributed by atoms with van der Waals surface area (Å²) in [6, 6.07) is 10.1. The molecule has 2 aliphatic rings. The van der Waals surface area contributed by atoms with Crippen LogP contribution in [-0.2, 0) is 20.8 Å². The number of aliphatic hydroxyl groups excluding tert-OH is 1. The summed E-state index contributed by atoms with van der Waals surface area (Å²) in [5.41, 5.74) is 1.14. The molecule has 122 valence electrons. The molecule has 4 nitrogen and oxygen atoms in total. The van der Waals surface area contributed by atoms with Crippen LogP contribution in [0.25, 0.3) is 0 Å². The van der Waals surface area contributed by atoms with E-state index in [1.54, 1.807) is 0 Å². The van der Waals surface area contributed by atoms with Crippen molar-refractivity contribution in [1.29, 1.82) is 0 Å². The molecule has 0 aliphatic carbocycles. The monoisotopic (exact) mass is 306 g/mol. The average Bonchev–Trinajstić information content (AvgIpc) is 3.02. The first-order valence-electron chi connectivity index (χ1n) is 8.24. The molecule has 3 rings (SSSR count). The van der Waals surface area contributed by atoms with Gasteiger partial charge in [-0.25, -0.2) is 0 Å². The van der Waals surface area contributed by atoms with Gasteiger partial charge in [-0.3, -0.25) is 0 Å². The van der Waals surface area contributed by atoms with Crippen molar-refractivity contribution in [1.82, 2.24) is 0 Å². The fourth-order valence-corrected chi connectivity index (χ4v) is 3.71. The first-order chi connectivity index (χ1) is 10.7. The smallest absolute Gasteiger partial charge is 0.171 e. The van der Waals surface area contributed by atoms with Gasteiger partial charge in [-0.15, -0.1) is 0 Å². The fraction of sp³-hybridized carbons (Fsp3) is 0.667. The van der Waals surface area contributed by atoms with Gasteiger partial charge >= 0.3 is 0 Å². The van der Waals surface area contributed by atoms with Gasteiger partial charge in [0.2, 0.25) is 0 Å². The van der Waals surface area contributed by atoms with Crippen molar-refractivity contribution in [2.24, 2.45) is 11.8 Å². The first-order valence-corrected chi connectivity index (χ1v) is 8.24. The third-order valence-electron chi connectivity index (χ3n) is 5.20. The lowest BCUT2D eigenvalue weighted by molar-refractivity contribution is -0.329. The van der Waals surface area contributed by atoms with E-state index in [4.69, 9.17) is 14.2 Å². The van der Waals surface area contributed by atoms with Gasteiger partial charge in [-0.1, -0.05) is 44.2 Å². The summed E-state index contributed by atoms with van der Waals surface area (Å²) in [6.45, 7) is 5.58. The molecule has 0 bridgehead atoms. The van der Waals surface area contributed by atoms with Gasteiger partial charge in [-0.2, -0.15) is 0 Å². The highest BCUT2D eigenvalue weighted by atomic mass is 16.7. The lowest BCUT2D eigenvalue weighted by Gasteiger charge is -2.49. The number of benzene rings is 1. The minimum Gasteiger partial charge on any atom is -0.394 e. The molecule has 1 aromatic rings. The number of ether oxygens (including phenoxy) is 3. The predicted octanol–water partition coefficient (Wildman–Crippen LogP) is 2.74. The van der Waals surface area contributed by atoms with Crippen LogP contribution < -0.4 is 0 Å². The van der Waals surface area contributed by atoms with E-state index < -0.39 is 5.79 Å². The Morgan fingerprint density at radius 3 is 2.68 bits per heavy atom. The second-order valence-corrected chi connectivity index (χ2v) is 6.51. The van der Waals surface area contributed by atoms with E-state index in [1.165, 1.54) is 0 Å². The second-order valence-electron chi connectivity index (χ2n) is 6.51. The van der Waals surface area contributed by atoms with Gasteiger partial charge in [-0.05, 0) is 17.9 Å². The van der Waals surface area contributed by atoms with Crippen LogP contribution in [0.2, 0.25) is 0 Å². The standard InChI is InChI=1S/C18H26O4/c1-13-14(2)18(9-6-10-21-18)22-16(11-19)17(13)20-12-15-7-4-3-5-8-15/h3-5,7-8,13-14,16-17,19H,6,9-12H2,1-2H3/t13-,14-,16-,17+,18+/m0/s1. The van der Waals surface area contributed by atoms with E-state index in [-0.39, 0.29) is 30.7 Å². The Balaban J connectivity index is 1.70. The minimum absolute atomic E-state index is 0.0401. The van der Waals surface area contributed by atoms with Crippen molar-refractivity contribution in [3.63, 3.8) is 0 Å². The van der Waals surface area contributed by atoms with Crippen molar-refractivity contribution >= 4 is 0 Å². The van der Waals surface area contributed by atoms with Crippen molar-refractivity contribution in [2.45, 2.75) is 51.3 Å². The summed E-state index contributed by atoms with van der Waals surface area (Å²) in [5, 5.41) is 9.75. The Bertz CT molecular complexity index is 467. The van der Waals surface area contributed by atoms with E-state index in [1.807, 2.05) is 30.3 Å². The maximum absolute atomic E-state index is 9.75. The van der Waals surface area contributed by atoms with Crippen LogP contribution in [0.5, 0.6) is 0 Å². The molecule has 5 atom stereocenters. The van der Waals surface area contributed by atoms with Crippen molar-refractivity contribution in [3.05, 3.63) is 35.9 Å². The average molecular weight is 306 g/mol. The fourth-order valence-electron chi connectivity index (χ4n) is 3.71. The molecule has 0 saturated carbocycles. The molecule has 2 fully saturated rings. The van der Waals surface area contributed by atoms with Crippen molar-refractivity contribution < 1.29 is 19.3 Å². The van der Waals surface area contributed by atoms with Crippen LogP contribution in [0.4, 0.5) is 0 Å². The number of hydrogen-bond donors (Lipinski definition) is 1. The molecule has 1 spiro atoms. The molecule has 2 aliphatic heterocycles. The molecule has 2 saturated heterocycles. The minimum atomic E-state index is -0.528. The van der Waals surface area contributed by atoms with Gasteiger partial charge in [0.15, 0.2) is 5.79 Å². The molecular formula is C18H26O4. The largest absolute Gasteiger partial charge is 0.394 e. The molecule has 4 heteroatoms. The van der Waals surface area contributed by atoms with Crippen LogP contribution in [0.3, 0.4) is 0 Å². The van der Waals surface area contributed by atoms with E-state index >= 15 is 0 Å². The van der Waals surface area contributed by atoms with Crippen LogP contribution in [0.1, 0.15) is 32.3 Å². The highest BCUT2D eigenvalue weighted by molar-refractivity contribution is 5.13. The van der Waals surface area contributed by atoms with E-state index in [9.17, 15) is 5.11 Å². The highest BCUT2D eigenvalue weighted by Crippen LogP contribution is 2.45. The zero-order chi connectivity index (χ0) is 15.6. The summed E-state index contributed by atoms with van der Waals surface area (Å²) >= 11 is 0. The van der Waals surface area contributed by atoms with Crippen molar-refractivity contribution in [3.8, 4) is 0 Å². The van der Waals surface area contributed by atoms with Gasteiger partial charge in [0.05, 0.1) is 25.9 Å². The van der Waals surface area contributed by atoms with E-state index in [0.29, 0.717) is 6.61 Å². The summed E-state index contributed by atoms with van der Waals surface area (Å²) in [4.78, 5) is 0. The zero-order valence-electron chi connectivity index (χ0n) is 13.4. The van der Waals surface area contributed by atoms with Crippen LogP contribution >= 0.6 is 0 Å². The van der Waals surface area contributed by atoms with Crippen LogP contribution in [-0.4, -0.2) is 36.3 Å². The molecule has 0 amide bonds. The Morgan fingerprint density at radius 1 is 1.27 bits per heavy atom. The lowest BCUT2D eigenvalue weighted by Crippen LogP contribution is -2.58. The van der Waals surface area contributed by atoms with Crippen LogP contribution in [0.15, 0.2) is 30.3 Å². The van der Waals surface area contributed by atoms with Crippen molar-refractivity contribution in [2.75, 3.05) is 13.2 Å². The molecule has 22 heavy (non-hydrogen) atoms. The zero-order valence-corrected chi connectivity index (χ0v) is 13.4. The van der Waals surface area contributed by atoms with E-state index in [2.05, 4.69) is 13.8 Å². The van der Waals surface area contributed by atoms with Gasteiger partial charge in [0.1, 0.15) is 6.10 Å². The maximum atomic E-state index is 9.75. The Hall–Kier alpha value is -0.940. The second kappa shape index (κ2) is 6.67. The van der Waals surface area contributed by atoms with Crippen LogP contribution in [0, 0.1) is 11.8 Å². The molecule has 0 unspecified atom stereocenters. The summed E-state index contributed by atoms with van der Waals surface area (Å²) in [7, 11) is 0. The predicted molar refractivity (Wildman–Crippen MR) is 83.2 cm³/mol. The van der Waals surface area contributed by atoms with Gasteiger partial charge < -0.3 is 19.3 Å².